The van der Waals surface area contributed by atoms with Gasteiger partial charge in [-0.1, -0.05) is 24.3 Å². The van der Waals surface area contributed by atoms with Crippen molar-refractivity contribution in [2.24, 2.45) is 0 Å². The topological polar surface area (TPSA) is 69.8 Å². The number of piperidine rings is 1. The van der Waals surface area contributed by atoms with Crippen molar-refractivity contribution < 1.29 is 4.79 Å². The maximum Gasteiger partial charge on any atom is 0.257 e. The summed E-state index contributed by atoms with van der Waals surface area (Å²) in [7, 11) is 0. The molecule has 25 heavy (non-hydrogen) atoms. The van der Waals surface area contributed by atoms with Crippen LogP contribution in [-0.2, 0) is 0 Å². The third kappa shape index (κ3) is 3.67. The number of anilines is 1. The predicted molar refractivity (Wildman–Crippen MR) is 103 cm³/mol. The fraction of sp³-hybridized carbons (Fsp3) is 0.263. The van der Waals surface area contributed by atoms with Crippen LogP contribution < -0.4 is 10.6 Å². The lowest BCUT2D eigenvalue weighted by molar-refractivity contribution is 0.102. The van der Waals surface area contributed by atoms with Crippen molar-refractivity contribution in [1.29, 1.82) is 0 Å². The average Bonchev–Trinajstić information content (AvgIpc) is 3.12. The molecule has 130 valence electrons. The number of rotatable bonds is 3. The van der Waals surface area contributed by atoms with Crippen molar-refractivity contribution >= 4 is 34.9 Å². The van der Waals surface area contributed by atoms with Gasteiger partial charge in [-0.15, -0.1) is 12.4 Å². The van der Waals surface area contributed by atoms with Crippen LogP contribution in [0.3, 0.4) is 0 Å². The Balaban J connectivity index is 0.00000182. The number of carbonyl (C=O) groups excluding carboxylic acids is 1. The van der Waals surface area contributed by atoms with Crippen molar-refractivity contribution in [3.8, 4) is 0 Å². The highest BCUT2D eigenvalue weighted by Crippen LogP contribution is 2.25. The average molecular weight is 357 g/mol. The highest BCUT2D eigenvalue weighted by Gasteiger charge is 2.15. The molecule has 0 spiro atoms. The van der Waals surface area contributed by atoms with Gasteiger partial charge in [-0.3, -0.25) is 9.89 Å². The second kappa shape index (κ2) is 7.68. The van der Waals surface area contributed by atoms with E-state index in [1.807, 2.05) is 24.3 Å². The van der Waals surface area contributed by atoms with E-state index >= 15 is 0 Å². The van der Waals surface area contributed by atoms with E-state index in [9.17, 15) is 4.79 Å². The lowest BCUT2D eigenvalue weighted by atomic mass is 9.91. The molecule has 3 N–H and O–H groups in total. The van der Waals surface area contributed by atoms with E-state index < -0.39 is 0 Å². The molecule has 0 aliphatic carbocycles. The first-order chi connectivity index (χ1) is 11.8. The summed E-state index contributed by atoms with van der Waals surface area (Å²) >= 11 is 0. The molecule has 1 aromatic heterocycles. The van der Waals surface area contributed by atoms with Crippen LogP contribution in [0.2, 0.25) is 0 Å². The second-order valence-electron chi connectivity index (χ2n) is 6.26. The predicted octanol–water partition coefficient (Wildman–Crippen LogP) is 3.70. The van der Waals surface area contributed by atoms with Crippen molar-refractivity contribution in [3.05, 3.63) is 59.8 Å². The van der Waals surface area contributed by atoms with Gasteiger partial charge in [-0.25, -0.2) is 0 Å². The number of H-pyrrole nitrogens is 1. The normalized spacial score (nSPS) is 17.0. The molecule has 2 heterocycles. The Labute approximate surface area is 152 Å². The summed E-state index contributed by atoms with van der Waals surface area (Å²) in [4.78, 5) is 12.5. The molecule has 1 aliphatic rings. The zero-order chi connectivity index (χ0) is 16.4. The Bertz CT molecular complexity index is 853. The Morgan fingerprint density at radius 3 is 2.76 bits per heavy atom. The summed E-state index contributed by atoms with van der Waals surface area (Å²) < 4.78 is 0. The van der Waals surface area contributed by atoms with Crippen molar-refractivity contribution in [1.82, 2.24) is 15.5 Å². The number of benzene rings is 2. The molecular formula is C19H21ClN4O. The number of para-hydroxylation sites is 1. The third-order valence-electron chi connectivity index (χ3n) is 4.66. The van der Waals surface area contributed by atoms with Crippen molar-refractivity contribution in [2.45, 2.75) is 18.8 Å². The first kappa shape index (κ1) is 17.5. The van der Waals surface area contributed by atoms with Gasteiger partial charge in [-0.05, 0) is 49.1 Å². The third-order valence-corrected chi connectivity index (χ3v) is 4.66. The highest BCUT2D eigenvalue weighted by atomic mass is 35.5. The summed E-state index contributed by atoms with van der Waals surface area (Å²) in [5.41, 5.74) is 3.50. The van der Waals surface area contributed by atoms with E-state index in [-0.39, 0.29) is 18.3 Å². The number of hydrogen-bond donors (Lipinski definition) is 3. The summed E-state index contributed by atoms with van der Waals surface area (Å²) in [6.45, 7) is 2.15. The maximum absolute atomic E-state index is 12.5. The number of fused-ring (bicyclic) bond motifs is 1. The van der Waals surface area contributed by atoms with Crippen LogP contribution in [0.1, 0.15) is 34.7 Å². The van der Waals surface area contributed by atoms with Gasteiger partial charge in [0.05, 0.1) is 17.3 Å². The standard InChI is InChI=1S/C19H20N4O.ClH/c24-19(17-5-1-3-15-12-21-23-18(15)17)22-16-8-6-13(7-9-16)14-4-2-10-20-11-14;/h1,3,5-9,12,14,20H,2,4,10-11H2,(H,21,23)(H,22,24);1H/t14-;/m1./s1. The quantitative estimate of drug-likeness (QED) is 0.670. The zero-order valence-electron chi connectivity index (χ0n) is 13.8. The summed E-state index contributed by atoms with van der Waals surface area (Å²) in [5.74, 6) is 0.444. The summed E-state index contributed by atoms with van der Waals surface area (Å²) in [5, 5.41) is 14.2. The van der Waals surface area contributed by atoms with E-state index in [4.69, 9.17) is 0 Å². The summed E-state index contributed by atoms with van der Waals surface area (Å²) in [6.07, 6.45) is 4.16. The number of hydrogen-bond acceptors (Lipinski definition) is 3. The molecule has 4 rings (SSSR count). The number of aromatic nitrogens is 2. The molecule has 0 radical (unpaired) electrons. The molecule has 6 heteroatoms. The van der Waals surface area contributed by atoms with Crippen molar-refractivity contribution in [2.75, 3.05) is 18.4 Å². The Kier molecular flexibility index (Phi) is 5.36. The maximum atomic E-state index is 12.5. The van der Waals surface area contributed by atoms with E-state index in [0.717, 1.165) is 29.7 Å². The molecule has 1 fully saturated rings. The van der Waals surface area contributed by atoms with E-state index in [0.29, 0.717) is 11.5 Å². The lowest BCUT2D eigenvalue weighted by Gasteiger charge is -2.23. The van der Waals surface area contributed by atoms with Gasteiger partial charge in [0.15, 0.2) is 0 Å². The molecule has 1 aliphatic heterocycles. The minimum atomic E-state index is -0.128. The monoisotopic (exact) mass is 356 g/mol. The smallest absolute Gasteiger partial charge is 0.257 e. The van der Waals surface area contributed by atoms with Gasteiger partial charge in [0.2, 0.25) is 0 Å². The van der Waals surface area contributed by atoms with Crippen LogP contribution in [0.4, 0.5) is 5.69 Å². The van der Waals surface area contributed by atoms with Crippen molar-refractivity contribution in [3.63, 3.8) is 0 Å². The first-order valence-corrected chi connectivity index (χ1v) is 8.35. The fourth-order valence-electron chi connectivity index (χ4n) is 3.33. The van der Waals surface area contributed by atoms with Crippen LogP contribution in [0, 0.1) is 0 Å². The molecular weight excluding hydrogens is 336 g/mol. The SMILES string of the molecule is Cl.O=C(Nc1ccc([C@@H]2CCCNC2)cc1)c1cccc2cn[nH]c12. The van der Waals surface area contributed by atoms with Gasteiger partial charge in [-0.2, -0.15) is 5.10 Å². The number of carbonyl (C=O) groups is 1. The van der Waals surface area contributed by atoms with E-state index in [1.165, 1.54) is 18.4 Å². The van der Waals surface area contributed by atoms with Crippen LogP contribution >= 0.6 is 12.4 Å². The molecule has 1 atom stereocenters. The Hall–Kier alpha value is -2.37. The van der Waals surface area contributed by atoms with Gasteiger partial charge in [0, 0.05) is 17.6 Å². The summed E-state index contributed by atoms with van der Waals surface area (Å²) in [6, 6.07) is 13.8. The molecule has 0 unspecified atom stereocenters. The Morgan fingerprint density at radius 2 is 2.00 bits per heavy atom. The number of halogens is 1. The number of nitrogens with one attached hydrogen (secondary N) is 3. The number of aromatic amines is 1. The van der Waals surface area contributed by atoms with E-state index in [1.54, 1.807) is 12.3 Å². The van der Waals surface area contributed by atoms with Gasteiger partial charge >= 0.3 is 0 Å². The van der Waals surface area contributed by atoms with Crippen LogP contribution in [0.5, 0.6) is 0 Å². The molecule has 0 saturated carbocycles. The van der Waals surface area contributed by atoms with Crippen LogP contribution in [-0.4, -0.2) is 29.2 Å². The van der Waals surface area contributed by atoms with Crippen LogP contribution in [0.15, 0.2) is 48.7 Å². The van der Waals surface area contributed by atoms with Gasteiger partial charge in [0.25, 0.3) is 5.91 Å². The largest absolute Gasteiger partial charge is 0.322 e. The molecule has 3 aromatic rings. The molecule has 2 aromatic carbocycles. The minimum Gasteiger partial charge on any atom is -0.322 e. The minimum absolute atomic E-state index is 0. The van der Waals surface area contributed by atoms with Gasteiger partial charge < -0.3 is 10.6 Å². The van der Waals surface area contributed by atoms with Crippen LogP contribution in [0.25, 0.3) is 10.9 Å². The zero-order valence-corrected chi connectivity index (χ0v) is 14.6. The number of amides is 1. The van der Waals surface area contributed by atoms with Gasteiger partial charge in [0.1, 0.15) is 0 Å². The first-order valence-electron chi connectivity index (χ1n) is 8.35. The molecule has 5 nitrogen and oxygen atoms in total. The van der Waals surface area contributed by atoms with E-state index in [2.05, 4.69) is 33.0 Å². The second-order valence-corrected chi connectivity index (χ2v) is 6.26. The molecule has 1 saturated heterocycles. The molecule has 1 amide bonds. The highest BCUT2D eigenvalue weighted by molar-refractivity contribution is 6.11. The fourth-order valence-corrected chi connectivity index (χ4v) is 3.33. The lowest BCUT2D eigenvalue weighted by Crippen LogP contribution is -2.28. The number of nitrogens with zero attached hydrogens (tertiary/aromatic N) is 1. The molecule has 0 bridgehead atoms. The Morgan fingerprint density at radius 1 is 1.16 bits per heavy atom.